The molecule has 5 heteroatoms. The number of carbonyl (C=O) groups is 1. The van der Waals surface area contributed by atoms with E-state index in [1.807, 2.05) is 39.0 Å². The van der Waals surface area contributed by atoms with Crippen molar-refractivity contribution in [1.29, 1.82) is 0 Å². The lowest BCUT2D eigenvalue weighted by Crippen LogP contribution is -2.42. The predicted molar refractivity (Wildman–Crippen MR) is 150 cm³/mol. The molecule has 0 aliphatic carbocycles. The standard InChI is InChI=1S/C29H45NO2SSi/c1-21(2)34(22(3)4,23(5)6)33-27-17-15-25(16-18-27)20-26(19-24-13-11-10-12-14-24)32-28(31)30-29(7,8)9/h10-18,21-23,26H,19-20H2,1-9H3,(H,30,31). The Kier molecular flexibility index (Phi) is 10.3. The van der Waals surface area contributed by atoms with Crippen LogP contribution in [0.1, 0.15) is 73.4 Å². The van der Waals surface area contributed by atoms with Crippen LogP contribution >= 0.6 is 11.2 Å². The first kappa shape index (κ1) is 28.5. The van der Waals surface area contributed by atoms with Crippen molar-refractivity contribution >= 4 is 24.5 Å². The highest BCUT2D eigenvalue weighted by atomic mass is 32.4. The van der Waals surface area contributed by atoms with Crippen molar-refractivity contribution in [2.45, 2.75) is 108 Å². The molecule has 2 aromatic carbocycles. The molecule has 1 amide bonds. The molecule has 0 saturated carbocycles. The second kappa shape index (κ2) is 12.3. The zero-order chi connectivity index (χ0) is 25.5. The second-order valence-corrected chi connectivity index (χ2v) is 19.9. The normalized spacial score (nSPS) is 13.4. The molecule has 0 aromatic heterocycles. The van der Waals surface area contributed by atoms with E-state index in [1.165, 1.54) is 16.0 Å². The molecule has 1 unspecified atom stereocenters. The van der Waals surface area contributed by atoms with Crippen molar-refractivity contribution in [1.82, 2.24) is 5.32 Å². The first-order valence-corrected chi connectivity index (χ1v) is 16.4. The van der Waals surface area contributed by atoms with Crippen LogP contribution in [-0.4, -0.2) is 25.0 Å². The van der Waals surface area contributed by atoms with Crippen LogP contribution in [0, 0.1) is 0 Å². The lowest BCUT2D eigenvalue weighted by Gasteiger charge is -2.42. The molecule has 1 atom stereocenters. The van der Waals surface area contributed by atoms with Crippen LogP contribution in [0.2, 0.25) is 16.6 Å². The van der Waals surface area contributed by atoms with Gasteiger partial charge in [-0.15, -0.1) is 0 Å². The summed E-state index contributed by atoms with van der Waals surface area (Å²) in [5.74, 6) is 0. The highest BCUT2D eigenvalue weighted by Crippen LogP contribution is 2.51. The number of hydrogen-bond donors (Lipinski definition) is 1. The van der Waals surface area contributed by atoms with E-state index in [1.54, 1.807) is 0 Å². The Hall–Kier alpha value is -1.72. The summed E-state index contributed by atoms with van der Waals surface area (Å²) in [5, 5.41) is 2.93. The quantitative estimate of drug-likeness (QED) is 0.332. The summed E-state index contributed by atoms with van der Waals surface area (Å²) < 4.78 is 5.89. The van der Waals surface area contributed by atoms with Gasteiger partial charge in [0.15, 0.2) is 0 Å². The van der Waals surface area contributed by atoms with Crippen LogP contribution in [0.25, 0.3) is 0 Å². The van der Waals surface area contributed by atoms with Crippen molar-refractivity contribution in [2.75, 3.05) is 0 Å². The lowest BCUT2D eigenvalue weighted by atomic mass is 10.0. The topological polar surface area (TPSA) is 38.3 Å². The van der Waals surface area contributed by atoms with Crippen LogP contribution in [0.4, 0.5) is 4.79 Å². The number of hydrogen-bond acceptors (Lipinski definition) is 3. The van der Waals surface area contributed by atoms with Crippen LogP contribution in [0.3, 0.4) is 0 Å². The second-order valence-electron chi connectivity index (χ2n) is 11.4. The fourth-order valence-corrected chi connectivity index (χ4v) is 14.2. The van der Waals surface area contributed by atoms with Gasteiger partial charge in [0.1, 0.15) is 13.3 Å². The monoisotopic (exact) mass is 499 g/mol. The molecule has 2 aromatic rings. The summed E-state index contributed by atoms with van der Waals surface area (Å²) >= 11 is 2.15. The van der Waals surface area contributed by atoms with Crippen molar-refractivity contribution in [3.05, 3.63) is 65.7 Å². The number of nitrogens with one attached hydrogen (secondary N) is 1. The average Bonchev–Trinajstić information content (AvgIpc) is 2.71. The molecular formula is C29H45NO2SSi. The lowest BCUT2D eigenvalue weighted by molar-refractivity contribution is 0.0911. The summed E-state index contributed by atoms with van der Waals surface area (Å²) in [7, 11) is -1.57. The van der Waals surface area contributed by atoms with Crippen LogP contribution in [0.5, 0.6) is 0 Å². The van der Waals surface area contributed by atoms with Gasteiger partial charge in [0.2, 0.25) is 0 Å². The maximum Gasteiger partial charge on any atom is 0.407 e. The number of benzene rings is 2. The van der Waals surface area contributed by atoms with Crippen LogP contribution in [-0.2, 0) is 17.6 Å². The predicted octanol–water partition coefficient (Wildman–Crippen LogP) is 8.63. The Labute approximate surface area is 213 Å². The molecule has 0 aliphatic rings. The fraction of sp³-hybridized carbons (Fsp3) is 0.552. The minimum atomic E-state index is -1.57. The van der Waals surface area contributed by atoms with Gasteiger partial charge in [-0.25, -0.2) is 4.79 Å². The largest absolute Gasteiger partial charge is 0.446 e. The summed E-state index contributed by atoms with van der Waals surface area (Å²) in [6.45, 7) is 20.3. The van der Waals surface area contributed by atoms with Gasteiger partial charge < -0.3 is 10.1 Å². The molecule has 2 rings (SSSR count). The van der Waals surface area contributed by atoms with E-state index in [2.05, 4.69) is 94.5 Å². The third-order valence-electron chi connectivity index (χ3n) is 6.45. The number of amides is 1. The molecule has 0 heterocycles. The van der Waals surface area contributed by atoms with Gasteiger partial charge >= 0.3 is 6.09 Å². The van der Waals surface area contributed by atoms with E-state index in [0.717, 1.165) is 0 Å². The Morgan fingerprint density at radius 3 is 1.74 bits per heavy atom. The number of ether oxygens (including phenoxy) is 1. The highest BCUT2D eigenvalue weighted by molar-refractivity contribution is 8.29. The van der Waals surface area contributed by atoms with Crippen LogP contribution in [0.15, 0.2) is 59.5 Å². The van der Waals surface area contributed by atoms with Crippen molar-refractivity contribution in [2.24, 2.45) is 0 Å². The molecule has 0 radical (unpaired) electrons. The zero-order valence-corrected chi connectivity index (χ0v) is 24.5. The van der Waals surface area contributed by atoms with Crippen molar-refractivity contribution in [3.63, 3.8) is 0 Å². The number of alkyl carbamates (subject to hydrolysis) is 1. The molecule has 0 spiro atoms. The maximum atomic E-state index is 12.5. The van der Waals surface area contributed by atoms with E-state index in [9.17, 15) is 4.79 Å². The molecule has 188 valence electrons. The van der Waals surface area contributed by atoms with Gasteiger partial charge in [0.25, 0.3) is 0 Å². The first-order chi connectivity index (χ1) is 15.8. The van der Waals surface area contributed by atoms with Gasteiger partial charge in [0.05, 0.1) is 0 Å². The van der Waals surface area contributed by atoms with Gasteiger partial charge in [-0.1, -0.05) is 84.0 Å². The molecular weight excluding hydrogens is 454 g/mol. The summed E-state index contributed by atoms with van der Waals surface area (Å²) in [6, 6.07) is 19.2. The van der Waals surface area contributed by atoms with Gasteiger partial charge in [-0.05, 0) is 60.7 Å². The Morgan fingerprint density at radius 1 is 0.824 bits per heavy atom. The minimum Gasteiger partial charge on any atom is -0.446 e. The molecule has 0 saturated heterocycles. The van der Waals surface area contributed by atoms with Gasteiger partial charge in [-0.2, -0.15) is 11.2 Å². The Morgan fingerprint density at radius 2 is 1.29 bits per heavy atom. The summed E-state index contributed by atoms with van der Waals surface area (Å²) in [5.41, 5.74) is 4.17. The van der Waals surface area contributed by atoms with E-state index in [-0.39, 0.29) is 17.7 Å². The Balaban J connectivity index is 2.19. The first-order valence-electron chi connectivity index (χ1n) is 12.6. The fourth-order valence-electron chi connectivity index (χ4n) is 5.03. The third kappa shape index (κ3) is 8.19. The van der Waals surface area contributed by atoms with Gasteiger partial charge in [-0.3, -0.25) is 0 Å². The SMILES string of the molecule is CC(C)[Si](Sc1ccc(CC(Cc2ccccc2)OC(=O)NC(C)(C)C)cc1)(C(C)C)C(C)C. The average molecular weight is 500 g/mol. The smallest absolute Gasteiger partial charge is 0.407 e. The molecule has 1 N–H and O–H groups in total. The number of carbonyl (C=O) groups excluding carboxylic acids is 1. The molecule has 0 aliphatic heterocycles. The summed E-state index contributed by atoms with van der Waals surface area (Å²) in [4.78, 5) is 13.9. The zero-order valence-electron chi connectivity index (χ0n) is 22.6. The van der Waals surface area contributed by atoms with E-state index in [0.29, 0.717) is 29.5 Å². The van der Waals surface area contributed by atoms with E-state index in [4.69, 9.17) is 4.74 Å². The van der Waals surface area contributed by atoms with Crippen LogP contribution < -0.4 is 5.32 Å². The molecule has 0 bridgehead atoms. The molecule has 0 fully saturated rings. The minimum absolute atomic E-state index is 0.223. The van der Waals surface area contributed by atoms with E-state index >= 15 is 0 Å². The molecule has 3 nitrogen and oxygen atoms in total. The Bertz CT molecular complexity index is 867. The summed E-state index contributed by atoms with van der Waals surface area (Å²) in [6.07, 6.45) is 0.804. The maximum absolute atomic E-state index is 12.5. The number of rotatable bonds is 10. The molecule has 34 heavy (non-hydrogen) atoms. The van der Waals surface area contributed by atoms with Gasteiger partial charge in [0, 0.05) is 23.3 Å². The third-order valence-corrected chi connectivity index (χ3v) is 18.7. The van der Waals surface area contributed by atoms with Crippen molar-refractivity contribution in [3.8, 4) is 0 Å². The van der Waals surface area contributed by atoms with E-state index < -0.39 is 7.22 Å². The van der Waals surface area contributed by atoms with Crippen molar-refractivity contribution < 1.29 is 9.53 Å². The highest BCUT2D eigenvalue weighted by Gasteiger charge is 2.44.